The zero-order chi connectivity index (χ0) is 23.5. The SMILES string of the molecule is CCC1CC(=O)NC(n2nc(C(C)(C)C)cc2NC(=O)Nc2cc(OC)cc(OC)c2)N1. The van der Waals surface area contributed by atoms with Crippen LogP contribution < -0.4 is 30.7 Å². The summed E-state index contributed by atoms with van der Waals surface area (Å²) in [5.41, 5.74) is 1.04. The smallest absolute Gasteiger partial charge is 0.324 e. The van der Waals surface area contributed by atoms with E-state index in [1.165, 1.54) is 0 Å². The van der Waals surface area contributed by atoms with Crippen molar-refractivity contribution in [2.75, 3.05) is 24.9 Å². The summed E-state index contributed by atoms with van der Waals surface area (Å²) in [6.07, 6.45) is 0.643. The van der Waals surface area contributed by atoms with E-state index in [2.05, 4.69) is 26.4 Å². The van der Waals surface area contributed by atoms with Gasteiger partial charge in [0.1, 0.15) is 17.3 Å². The number of benzene rings is 1. The van der Waals surface area contributed by atoms with Crippen LogP contribution in [-0.4, -0.2) is 42.0 Å². The number of methoxy groups -OCH3 is 2. The minimum atomic E-state index is -0.565. The molecule has 1 aromatic heterocycles. The molecule has 3 amide bonds. The van der Waals surface area contributed by atoms with Gasteiger partial charge in [-0.15, -0.1) is 0 Å². The number of amides is 3. The van der Waals surface area contributed by atoms with Crippen molar-refractivity contribution in [2.24, 2.45) is 0 Å². The highest BCUT2D eigenvalue weighted by Crippen LogP contribution is 2.28. The van der Waals surface area contributed by atoms with E-state index in [1.807, 2.05) is 33.8 Å². The molecule has 0 bridgehead atoms. The molecule has 1 aliphatic heterocycles. The molecular weight excluding hydrogens is 412 g/mol. The van der Waals surface area contributed by atoms with Crippen molar-refractivity contribution >= 4 is 23.4 Å². The number of nitrogens with zero attached hydrogens (tertiary/aromatic N) is 2. The van der Waals surface area contributed by atoms with Crippen LogP contribution in [0.25, 0.3) is 0 Å². The Hall–Kier alpha value is -3.27. The maximum absolute atomic E-state index is 12.8. The highest BCUT2D eigenvalue weighted by molar-refractivity contribution is 5.99. The topological polar surface area (TPSA) is 119 Å². The zero-order valence-electron chi connectivity index (χ0n) is 19.4. The lowest BCUT2D eigenvalue weighted by Crippen LogP contribution is -2.53. The van der Waals surface area contributed by atoms with E-state index in [4.69, 9.17) is 9.47 Å². The van der Waals surface area contributed by atoms with Gasteiger partial charge in [-0.2, -0.15) is 5.10 Å². The van der Waals surface area contributed by atoms with Gasteiger partial charge in [-0.25, -0.2) is 9.48 Å². The summed E-state index contributed by atoms with van der Waals surface area (Å²) >= 11 is 0. The number of carbonyl (C=O) groups excluding carboxylic acids is 2. The van der Waals surface area contributed by atoms with E-state index >= 15 is 0 Å². The van der Waals surface area contributed by atoms with Gasteiger partial charge in [0.15, 0.2) is 6.29 Å². The number of hydrogen-bond acceptors (Lipinski definition) is 6. The summed E-state index contributed by atoms with van der Waals surface area (Å²) in [6, 6.07) is 6.48. The summed E-state index contributed by atoms with van der Waals surface area (Å²) < 4.78 is 12.1. The number of anilines is 2. The van der Waals surface area contributed by atoms with Crippen molar-refractivity contribution in [3.05, 3.63) is 30.0 Å². The molecule has 174 valence electrons. The molecule has 1 aliphatic rings. The van der Waals surface area contributed by atoms with Gasteiger partial charge in [0.05, 0.1) is 19.9 Å². The van der Waals surface area contributed by atoms with Crippen LogP contribution in [0.2, 0.25) is 0 Å². The lowest BCUT2D eigenvalue weighted by molar-refractivity contribution is -0.125. The van der Waals surface area contributed by atoms with Gasteiger partial charge in [0, 0.05) is 47.8 Å². The standard InChI is InChI=1S/C22H32N6O4/c1-7-13-10-19(29)26-20(23-13)28-18(12-17(27-28)22(2,3)4)25-21(30)24-14-8-15(31-5)11-16(9-14)32-6/h8-9,11-13,20,23H,7,10H2,1-6H3,(H,26,29)(H2,24,25,30). The van der Waals surface area contributed by atoms with Gasteiger partial charge in [-0.1, -0.05) is 27.7 Å². The maximum Gasteiger partial charge on any atom is 0.324 e. The normalized spacial score (nSPS) is 18.6. The van der Waals surface area contributed by atoms with Crippen LogP contribution in [0.5, 0.6) is 11.5 Å². The average Bonchev–Trinajstić information content (AvgIpc) is 3.17. The first kappa shape index (κ1) is 23.4. The second-order valence-electron chi connectivity index (χ2n) is 8.74. The Bertz CT molecular complexity index is 959. The van der Waals surface area contributed by atoms with E-state index in [9.17, 15) is 9.59 Å². The van der Waals surface area contributed by atoms with Crippen molar-refractivity contribution in [1.82, 2.24) is 20.4 Å². The molecule has 3 rings (SSSR count). The molecule has 0 radical (unpaired) electrons. The average molecular weight is 445 g/mol. The van der Waals surface area contributed by atoms with Crippen LogP contribution >= 0.6 is 0 Å². The summed E-state index contributed by atoms with van der Waals surface area (Å²) in [5, 5.41) is 16.6. The lowest BCUT2D eigenvalue weighted by atomic mass is 9.92. The van der Waals surface area contributed by atoms with Crippen molar-refractivity contribution in [3.8, 4) is 11.5 Å². The molecular formula is C22H32N6O4. The van der Waals surface area contributed by atoms with Crippen molar-refractivity contribution in [3.63, 3.8) is 0 Å². The van der Waals surface area contributed by atoms with E-state index in [0.717, 1.165) is 12.1 Å². The molecule has 0 spiro atoms. The van der Waals surface area contributed by atoms with Crippen LogP contribution in [0, 0.1) is 0 Å². The third-order valence-electron chi connectivity index (χ3n) is 5.22. The van der Waals surface area contributed by atoms with Crippen LogP contribution in [0.1, 0.15) is 52.5 Å². The van der Waals surface area contributed by atoms with Gasteiger partial charge in [-0.3, -0.25) is 15.4 Å². The Labute approximate surface area is 188 Å². The molecule has 2 unspecified atom stereocenters. The molecule has 1 saturated heterocycles. The third kappa shape index (κ3) is 5.50. The Kier molecular flexibility index (Phi) is 6.93. The minimum absolute atomic E-state index is 0.0296. The first-order valence-corrected chi connectivity index (χ1v) is 10.6. The highest BCUT2D eigenvalue weighted by Gasteiger charge is 2.30. The number of urea groups is 1. The fourth-order valence-electron chi connectivity index (χ4n) is 3.36. The van der Waals surface area contributed by atoms with Crippen LogP contribution in [-0.2, 0) is 10.2 Å². The first-order chi connectivity index (χ1) is 15.1. The number of nitrogens with one attached hydrogen (secondary N) is 4. The van der Waals surface area contributed by atoms with E-state index < -0.39 is 12.3 Å². The number of aromatic nitrogens is 2. The molecule has 10 heteroatoms. The number of rotatable bonds is 6. The number of ether oxygens (including phenoxy) is 2. The summed E-state index contributed by atoms with van der Waals surface area (Å²) in [7, 11) is 3.08. The van der Waals surface area contributed by atoms with Crippen molar-refractivity contribution in [2.45, 2.75) is 58.3 Å². The zero-order valence-corrected chi connectivity index (χ0v) is 19.4. The fraction of sp³-hybridized carbons (Fsp3) is 0.500. The second kappa shape index (κ2) is 9.47. The predicted octanol–water partition coefficient (Wildman–Crippen LogP) is 3.19. The second-order valence-corrected chi connectivity index (χ2v) is 8.74. The molecule has 2 aromatic rings. The maximum atomic E-state index is 12.8. The van der Waals surface area contributed by atoms with Crippen molar-refractivity contribution < 1.29 is 19.1 Å². The lowest BCUT2D eigenvalue weighted by Gasteiger charge is -2.32. The van der Waals surface area contributed by atoms with Crippen molar-refractivity contribution in [1.29, 1.82) is 0 Å². The third-order valence-corrected chi connectivity index (χ3v) is 5.22. The van der Waals surface area contributed by atoms with Crippen LogP contribution in [0.15, 0.2) is 24.3 Å². The van der Waals surface area contributed by atoms with Gasteiger partial charge in [-0.05, 0) is 6.42 Å². The van der Waals surface area contributed by atoms with E-state index in [0.29, 0.717) is 29.4 Å². The van der Waals surface area contributed by atoms with Gasteiger partial charge < -0.3 is 20.1 Å². The van der Waals surface area contributed by atoms with E-state index in [-0.39, 0.29) is 17.4 Å². The van der Waals surface area contributed by atoms with Crippen LogP contribution in [0.3, 0.4) is 0 Å². The summed E-state index contributed by atoms with van der Waals surface area (Å²) in [5.74, 6) is 1.50. The van der Waals surface area contributed by atoms with Gasteiger partial charge in [0.2, 0.25) is 5.91 Å². The molecule has 0 aliphatic carbocycles. The highest BCUT2D eigenvalue weighted by atomic mass is 16.5. The Morgan fingerprint density at radius 3 is 2.38 bits per heavy atom. The first-order valence-electron chi connectivity index (χ1n) is 10.6. The van der Waals surface area contributed by atoms with Crippen LogP contribution in [0.4, 0.5) is 16.3 Å². The largest absolute Gasteiger partial charge is 0.497 e. The molecule has 0 saturated carbocycles. The molecule has 2 heterocycles. The molecule has 4 N–H and O–H groups in total. The Balaban J connectivity index is 1.86. The molecule has 10 nitrogen and oxygen atoms in total. The predicted molar refractivity (Wildman–Crippen MR) is 122 cm³/mol. The number of hydrogen-bond donors (Lipinski definition) is 4. The molecule has 32 heavy (non-hydrogen) atoms. The Morgan fingerprint density at radius 1 is 1.16 bits per heavy atom. The van der Waals surface area contributed by atoms with Gasteiger partial charge >= 0.3 is 6.03 Å². The number of carbonyl (C=O) groups is 2. The Morgan fingerprint density at radius 2 is 1.81 bits per heavy atom. The fourth-order valence-corrected chi connectivity index (χ4v) is 3.36. The minimum Gasteiger partial charge on any atom is -0.497 e. The monoisotopic (exact) mass is 444 g/mol. The summed E-state index contributed by atoms with van der Waals surface area (Å²) in [6.45, 7) is 8.13. The molecule has 2 atom stereocenters. The summed E-state index contributed by atoms with van der Waals surface area (Å²) in [4.78, 5) is 25.0. The molecule has 1 aromatic carbocycles. The van der Waals surface area contributed by atoms with E-state index in [1.54, 1.807) is 37.1 Å². The molecule has 1 fully saturated rings. The quantitative estimate of drug-likeness (QED) is 0.543. The van der Waals surface area contributed by atoms with Gasteiger partial charge in [0.25, 0.3) is 0 Å².